The van der Waals surface area contributed by atoms with Gasteiger partial charge in [-0.2, -0.15) is 10.4 Å². The quantitative estimate of drug-likeness (QED) is 0.408. The topological polar surface area (TPSA) is 118 Å². The van der Waals surface area contributed by atoms with E-state index in [1.165, 1.54) is 0 Å². The van der Waals surface area contributed by atoms with Crippen LogP contribution in [-0.4, -0.2) is 41.2 Å². The van der Waals surface area contributed by atoms with E-state index in [-0.39, 0.29) is 0 Å². The molecule has 4 aromatic carbocycles. The molecule has 0 amide bonds. The zero-order chi connectivity index (χ0) is 22.0. The second-order valence-corrected chi connectivity index (χ2v) is 7.65. The van der Waals surface area contributed by atoms with Crippen LogP contribution < -0.4 is 0 Å². The first-order valence-corrected chi connectivity index (χ1v) is 10.4. The van der Waals surface area contributed by atoms with Gasteiger partial charge in [-0.05, 0) is 44.8 Å². The van der Waals surface area contributed by atoms with Crippen molar-refractivity contribution >= 4 is 21.5 Å². The van der Waals surface area contributed by atoms with Gasteiger partial charge in [0.05, 0.1) is 0 Å². The standard InChI is InChI=1S/C24H18N8O/c1-3-7-17-13-19(11-9-15(17)5-1)21(23-25-29-30-26-23)33-22(24-27-31-32-28-24)20-12-10-16-6-2-4-8-18(16)14-20/h1-14,21-22H,(H,25,26,29,30)(H,27,28,31,32). The fourth-order valence-corrected chi connectivity index (χ4v) is 4.02. The molecule has 0 saturated carbocycles. The lowest BCUT2D eigenvalue weighted by atomic mass is 10.0. The van der Waals surface area contributed by atoms with E-state index >= 15 is 0 Å². The summed E-state index contributed by atoms with van der Waals surface area (Å²) in [6, 6.07) is 28.6. The molecule has 2 aromatic heterocycles. The Morgan fingerprint density at radius 2 is 1.00 bits per heavy atom. The second kappa shape index (κ2) is 8.21. The van der Waals surface area contributed by atoms with Crippen LogP contribution >= 0.6 is 0 Å². The minimum absolute atomic E-state index is 0.416. The summed E-state index contributed by atoms with van der Waals surface area (Å²) in [6.07, 6.45) is -1.22. The molecule has 0 aliphatic carbocycles. The van der Waals surface area contributed by atoms with Crippen LogP contribution in [0.1, 0.15) is 35.0 Å². The van der Waals surface area contributed by atoms with Crippen LogP contribution in [0.3, 0.4) is 0 Å². The molecular weight excluding hydrogens is 416 g/mol. The van der Waals surface area contributed by atoms with Gasteiger partial charge in [0, 0.05) is 0 Å². The van der Waals surface area contributed by atoms with Gasteiger partial charge in [-0.25, -0.2) is 0 Å². The highest BCUT2D eigenvalue weighted by molar-refractivity contribution is 5.84. The first-order valence-electron chi connectivity index (χ1n) is 10.4. The van der Waals surface area contributed by atoms with Gasteiger partial charge in [0.2, 0.25) is 11.6 Å². The predicted molar refractivity (Wildman–Crippen MR) is 121 cm³/mol. The summed E-state index contributed by atoms with van der Waals surface area (Å²) in [4.78, 5) is 0. The first kappa shape index (κ1) is 19.2. The molecule has 0 saturated heterocycles. The molecule has 2 atom stereocenters. The minimum atomic E-state index is -0.608. The van der Waals surface area contributed by atoms with Gasteiger partial charge < -0.3 is 4.74 Å². The SMILES string of the molecule is c1ccc2cc(C(OC(c3ccc4ccccc4c3)c3nn[nH]n3)c3nn[nH]n3)ccc2c1. The van der Waals surface area contributed by atoms with Crippen LogP contribution in [0.5, 0.6) is 0 Å². The van der Waals surface area contributed by atoms with Gasteiger partial charge >= 0.3 is 0 Å². The fourth-order valence-electron chi connectivity index (χ4n) is 4.02. The maximum atomic E-state index is 6.64. The van der Waals surface area contributed by atoms with Crippen molar-refractivity contribution in [3.05, 3.63) is 108 Å². The molecule has 160 valence electrons. The number of aromatic nitrogens is 8. The molecule has 9 heteroatoms. The average Bonchev–Trinajstić information content (AvgIpc) is 3.59. The summed E-state index contributed by atoms with van der Waals surface area (Å²) in [5.41, 5.74) is 1.79. The van der Waals surface area contributed by atoms with E-state index in [1.54, 1.807) is 0 Å². The highest BCUT2D eigenvalue weighted by Gasteiger charge is 2.29. The zero-order valence-electron chi connectivity index (χ0n) is 17.3. The molecule has 0 aliphatic rings. The summed E-state index contributed by atoms with van der Waals surface area (Å²) in [5, 5.41) is 33.9. The highest BCUT2D eigenvalue weighted by Crippen LogP contribution is 2.35. The fraction of sp³-hybridized carbons (Fsp3) is 0.0833. The van der Waals surface area contributed by atoms with Crippen molar-refractivity contribution < 1.29 is 4.74 Å². The molecule has 0 spiro atoms. The van der Waals surface area contributed by atoms with Crippen LogP contribution in [0.2, 0.25) is 0 Å². The monoisotopic (exact) mass is 434 g/mol. The van der Waals surface area contributed by atoms with E-state index in [0.29, 0.717) is 11.6 Å². The molecule has 0 radical (unpaired) electrons. The normalized spacial score (nSPS) is 13.3. The number of nitrogens with one attached hydrogen (secondary N) is 2. The molecule has 33 heavy (non-hydrogen) atoms. The van der Waals surface area contributed by atoms with Gasteiger partial charge in [-0.3, -0.25) is 0 Å². The summed E-state index contributed by atoms with van der Waals surface area (Å²) in [5.74, 6) is 0.833. The average molecular weight is 434 g/mol. The summed E-state index contributed by atoms with van der Waals surface area (Å²) >= 11 is 0. The molecule has 0 aliphatic heterocycles. The first-order chi connectivity index (χ1) is 16.3. The second-order valence-electron chi connectivity index (χ2n) is 7.65. The molecule has 6 rings (SSSR count). The summed E-state index contributed by atoms with van der Waals surface area (Å²) in [7, 11) is 0. The van der Waals surface area contributed by atoms with Crippen molar-refractivity contribution in [2.24, 2.45) is 0 Å². The van der Waals surface area contributed by atoms with Gasteiger partial charge in [-0.15, -0.1) is 20.4 Å². The number of nitrogens with zero attached hydrogens (tertiary/aromatic N) is 6. The third kappa shape index (κ3) is 3.70. The van der Waals surface area contributed by atoms with Crippen LogP contribution in [0, 0.1) is 0 Å². The maximum absolute atomic E-state index is 6.64. The Bertz CT molecular complexity index is 1400. The number of tetrazole rings is 2. The Labute approximate surface area is 187 Å². The van der Waals surface area contributed by atoms with E-state index in [1.807, 2.05) is 36.4 Å². The Morgan fingerprint density at radius 1 is 0.545 bits per heavy atom. The Morgan fingerprint density at radius 3 is 1.42 bits per heavy atom. The molecule has 9 nitrogen and oxygen atoms in total. The maximum Gasteiger partial charge on any atom is 0.207 e. The van der Waals surface area contributed by atoms with Crippen LogP contribution in [0.4, 0.5) is 0 Å². The Hall–Kier alpha value is -4.50. The number of ether oxygens (including phenoxy) is 1. The number of fused-ring (bicyclic) bond motifs is 2. The number of hydrogen-bond donors (Lipinski definition) is 2. The van der Waals surface area contributed by atoms with Crippen LogP contribution in [0.25, 0.3) is 21.5 Å². The predicted octanol–water partition coefficient (Wildman–Crippen LogP) is 3.91. The number of aromatic amines is 2. The van der Waals surface area contributed by atoms with E-state index in [2.05, 4.69) is 89.8 Å². The molecule has 2 heterocycles. The molecular formula is C24H18N8O. The van der Waals surface area contributed by atoms with Crippen molar-refractivity contribution in [3.8, 4) is 0 Å². The Balaban J connectivity index is 1.46. The molecule has 0 bridgehead atoms. The van der Waals surface area contributed by atoms with E-state index < -0.39 is 12.2 Å². The molecule has 2 N–H and O–H groups in total. The molecule has 0 fully saturated rings. The van der Waals surface area contributed by atoms with Crippen molar-refractivity contribution in [3.63, 3.8) is 0 Å². The van der Waals surface area contributed by atoms with Crippen LogP contribution in [0.15, 0.2) is 84.9 Å². The minimum Gasteiger partial charge on any atom is -0.349 e. The smallest absolute Gasteiger partial charge is 0.207 e. The third-order valence-electron chi connectivity index (χ3n) is 5.62. The third-order valence-corrected chi connectivity index (χ3v) is 5.62. The summed E-state index contributed by atoms with van der Waals surface area (Å²) in [6.45, 7) is 0. The van der Waals surface area contributed by atoms with E-state index in [4.69, 9.17) is 4.74 Å². The molecule has 6 aromatic rings. The van der Waals surface area contributed by atoms with Gasteiger partial charge in [0.1, 0.15) is 12.2 Å². The lowest BCUT2D eigenvalue weighted by molar-refractivity contribution is 0.0213. The van der Waals surface area contributed by atoms with Crippen molar-refractivity contribution in [1.82, 2.24) is 41.2 Å². The Kier molecular flexibility index (Phi) is 4.78. The number of benzene rings is 4. The lowest BCUT2D eigenvalue weighted by Gasteiger charge is -2.22. The van der Waals surface area contributed by atoms with E-state index in [9.17, 15) is 0 Å². The lowest BCUT2D eigenvalue weighted by Crippen LogP contribution is -2.16. The summed E-state index contributed by atoms with van der Waals surface area (Å²) < 4.78 is 6.64. The zero-order valence-corrected chi connectivity index (χ0v) is 17.3. The van der Waals surface area contributed by atoms with Gasteiger partial charge in [-0.1, -0.05) is 83.2 Å². The van der Waals surface area contributed by atoms with Crippen molar-refractivity contribution in [2.75, 3.05) is 0 Å². The van der Waals surface area contributed by atoms with Gasteiger partial charge in [0.15, 0.2) is 0 Å². The number of H-pyrrole nitrogens is 2. The molecule has 2 unspecified atom stereocenters. The van der Waals surface area contributed by atoms with E-state index in [0.717, 1.165) is 32.7 Å². The van der Waals surface area contributed by atoms with Crippen molar-refractivity contribution in [1.29, 1.82) is 0 Å². The number of rotatable bonds is 6. The van der Waals surface area contributed by atoms with Crippen LogP contribution in [-0.2, 0) is 4.74 Å². The highest BCUT2D eigenvalue weighted by atomic mass is 16.5. The van der Waals surface area contributed by atoms with Crippen molar-refractivity contribution in [2.45, 2.75) is 12.2 Å². The largest absolute Gasteiger partial charge is 0.349 e. The number of hydrogen-bond acceptors (Lipinski definition) is 7. The van der Waals surface area contributed by atoms with Gasteiger partial charge in [0.25, 0.3) is 0 Å².